The molecule has 0 radical (unpaired) electrons. The van der Waals surface area contributed by atoms with Crippen LogP contribution in [0.4, 0.5) is 9.18 Å². The summed E-state index contributed by atoms with van der Waals surface area (Å²) in [5.74, 6) is 0.0979. The monoisotopic (exact) mass is 543 g/mol. The lowest BCUT2D eigenvalue weighted by atomic mass is 9.85. The number of carbonyl (C=O) groups is 1. The Bertz CT molecular complexity index is 1170. The molecule has 7 nitrogen and oxygen atoms in total. The number of hydrogen-bond donors (Lipinski definition) is 0. The molecule has 3 atom stereocenters. The van der Waals surface area contributed by atoms with Gasteiger partial charge in [0.15, 0.2) is 0 Å². The smallest absolute Gasteiger partial charge is 0.320 e. The summed E-state index contributed by atoms with van der Waals surface area (Å²) in [6.45, 7) is 4.10. The SMILES string of the molecule is C[C@@H](Oc1ccc(F)cc1)[C@@H]1CN(C(=O)N2CCN(S(C)(=O)=O)CC2)C[C@H]1c1ccc(Cl)c(Cl)c1. The summed E-state index contributed by atoms with van der Waals surface area (Å²) in [4.78, 5) is 16.9. The van der Waals surface area contributed by atoms with E-state index in [2.05, 4.69) is 0 Å². The van der Waals surface area contributed by atoms with Gasteiger partial charge in [0.2, 0.25) is 10.0 Å². The van der Waals surface area contributed by atoms with Gasteiger partial charge in [0.1, 0.15) is 17.7 Å². The number of ether oxygens (including phenoxy) is 1. The Labute approximate surface area is 215 Å². The highest BCUT2D eigenvalue weighted by atomic mass is 35.5. The quantitative estimate of drug-likeness (QED) is 0.563. The molecule has 2 fully saturated rings. The predicted molar refractivity (Wildman–Crippen MR) is 134 cm³/mol. The van der Waals surface area contributed by atoms with Crippen molar-refractivity contribution in [2.24, 2.45) is 5.92 Å². The van der Waals surface area contributed by atoms with Crippen molar-refractivity contribution >= 4 is 39.3 Å². The van der Waals surface area contributed by atoms with Crippen LogP contribution < -0.4 is 4.74 Å². The predicted octanol–water partition coefficient (Wildman–Crippen LogP) is 4.31. The number of sulfonamides is 1. The number of carbonyl (C=O) groups excluding carboxylic acids is 1. The van der Waals surface area contributed by atoms with Gasteiger partial charge in [0.05, 0.1) is 16.3 Å². The van der Waals surface area contributed by atoms with Gasteiger partial charge in [-0.3, -0.25) is 0 Å². The molecule has 11 heteroatoms. The van der Waals surface area contributed by atoms with Crippen LogP contribution in [0, 0.1) is 11.7 Å². The normalized spacial score (nSPS) is 22.3. The van der Waals surface area contributed by atoms with Crippen LogP contribution in [0.25, 0.3) is 0 Å². The Balaban J connectivity index is 1.52. The maximum absolute atomic E-state index is 13.4. The van der Waals surface area contributed by atoms with Crippen molar-refractivity contribution in [2.75, 3.05) is 45.5 Å². The molecule has 2 aliphatic heterocycles. The molecule has 0 aliphatic carbocycles. The first-order valence-corrected chi connectivity index (χ1v) is 14.0. The van der Waals surface area contributed by atoms with Crippen molar-refractivity contribution in [1.29, 1.82) is 0 Å². The zero-order chi connectivity index (χ0) is 25.3. The minimum Gasteiger partial charge on any atom is -0.490 e. The number of nitrogens with zero attached hydrogens (tertiary/aromatic N) is 3. The molecule has 0 bridgehead atoms. The number of hydrogen-bond acceptors (Lipinski definition) is 4. The summed E-state index contributed by atoms with van der Waals surface area (Å²) in [6.07, 6.45) is 0.902. The van der Waals surface area contributed by atoms with E-state index in [1.54, 1.807) is 28.0 Å². The molecule has 0 saturated carbocycles. The Morgan fingerprint density at radius 2 is 1.66 bits per heavy atom. The van der Waals surface area contributed by atoms with Gasteiger partial charge in [-0.2, -0.15) is 4.31 Å². The van der Waals surface area contributed by atoms with Gasteiger partial charge in [-0.15, -0.1) is 0 Å². The molecular formula is C24H28Cl2FN3O4S. The molecule has 190 valence electrons. The van der Waals surface area contributed by atoms with Crippen LogP contribution in [0.5, 0.6) is 5.75 Å². The average molecular weight is 544 g/mol. The van der Waals surface area contributed by atoms with Crippen LogP contribution >= 0.6 is 23.2 Å². The number of benzene rings is 2. The second-order valence-corrected chi connectivity index (χ2v) is 11.9. The lowest BCUT2D eigenvalue weighted by Crippen LogP contribution is -2.53. The van der Waals surface area contributed by atoms with Crippen LogP contribution in [0.1, 0.15) is 18.4 Å². The van der Waals surface area contributed by atoms with Crippen molar-refractivity contribution in [3.8, 4) is 5.75 Å². The lowest BCUT2D eigenvalue weighted by molar-refractivity contribution is 0.128. The van der Waals surface area contributed by atoms with Gasteiger partial charge in [-0.25, -0.2) is 17.6 Å². The second kappa shape index (κ2) is 10.5. The zero-order valence-corrected chi connectivity index (χ0v) is 21.9. The van der Waals surface area contributed by atoms with E-state index in [0.717, 1.165) is 5.56 Å². The summed E-state index contributed by atoms with van der Waals surface area (Å²) < 4.78 is 44.5. The molecule has 2 saturated heterocycles. The molecule has 2 heterocycles. The number of likely N-dealkylation sites (tertiary alicyclic amines) is 1. The molecule has 2 aromatic rings. The van der Waals surface area contributed by atoms with Crippen LogP contribution in [-0.4, -0.2) is 80.2 Å². The third-order valence-corrected chi connectivity index (χ3v) is 8.77. The van der Waals surface area contributed by atoms with E-state index in [1.807, 2.05) is 19.1 Å². The molecule has 0 N–H and O–H groups in total. The standard InChI is InChI=1S/C24H28Cl2FN3O4S/c1-16(34-19-6-4-18(27)5-7-19)20-14-29(15-21(20)17-3-8-22(25)23(26)13-17)24(31)28-9-11-30(12-10-28)35(2,32)33/h3-8,13,16,20-21H,9-12,14-15H2,1-2H3/t16-,20+,21+/m1/s1. The van der Waals surface area contributed by atoms with Crippen LogP contribution in [0.3, 0.4) is 0 Å². The number of urea groups is 1. The van der Waals surface area contributed by atoms with Crippen molar-refractivity contribution in [1.82, 2.24) is 14.1 Å². The molecule has 35 heavy (non-hydrogen) atoms. The molecule has 0 aromatic heterocycles. The minimum absolute atomic E-state index is 0.0542. The van der Waals surface area contributed by atoms with E-state index in [9.17, 15) is 17.6 Å². The molecular weight excluding hydrogens is 516 g/mol. The van der Waals surface area contributed by atoms with Gasteiger partial charge in [0.25, 0.3) is 0 Å². The van der Waals surface area contributed by atoms with Gasteiger partial charge >= 0.3 is 6.03 Å². The fourth-order valence-electron chi connectivity index (χ4n) is 4.78. The Kier molecular flexibility index (Phi) is 7.80. The zero-order valence-electron chi connectivity index (χ0n) is 19.5. The van der Waals surface area contributed by atoms with E-state index < -0.39 is 10.0 Å². The number of amides is 2. The van der Waals surface area contributed by atoms with Crippen LogP contribution in [0.15, 0.2) is 42.5 Å². The topological polar surface area (TPSA) is 70.2 Å². The number of halogens is 3. The Hall–Kier alpha value is -2.07. The van der Waals surface area contributed by atoms with Crippen molar-refractivity contribution in [3.05, 3.63) is 63.9 Å². The van der Waals surface area contributed by atoms with E-state index >= 15 is 0 Å². The number of piperazine rings is 1. The average Bonchev–Trinajstić information content (AvgIpc) is 3.27. The van der Waals surface area contributed by atoms with Gasteiger partial charge < -0.3 is 14.5 Å². The second-order valence-electron chi connectivity index (χ2n) is 9.06. The molecule has 0 spiro atoms. The Morgan fingerprint density at radius 3 is 2.26 bits per heavy atom. The van der Waals surface area contributed by atoms with Crippen molar-refractivity contribution in [3.63, 3.8) is 0 Å². The van der Waals surface area contributed by atoms with E-state index in [0.29, 0.717) is 42.0 Å². The van der Waals surface area contributed by atoms with Crippen molar-refractivity contribution in [2.45, 2.75) is 18.9 Å². The summed E-state index contributed by atoms with van der Waals surface area (Å²) in [5.41, 5.74) is 0.955. The Morgan fingerprint density at radius 1 is 1.00 bits per heavy atom. The van der Waals surface area contributed by atoms with Crippen molar-refractivity contribution < 1.29 is 22.3 Å². The van der Waals surface area contributed by atoms with Gasteiger partial charge in [-0.05, 0) is 48.9 Å². The maximum Gasteiger partial charge on any atom is 0.320 e. The molecule has 4 rings (SSSR count). The van der Waals surface area contributed by atoms with Crippen LogP contribution in [0.2, 0.25) is 10.0 Å². The van der Waals surface area contributed by atoms with Crippen LogP contribution in [-0.2, 0) is 10.0 Å². The number of rotatable bonds is 5. The van der Waals surface area contributed by atoms with E-state index in [-0.39, 0.29) is 42.9 Å². The summed E-state index contributed by atoms with van der Waals surface area (Å²) in [5, 5.41) is 0.897. The fraction of sp³-hybridized carbons (Fsp3) is 0.458. The summed E-state index contributed by atoms with van der Waals surface area (Å²) >= 11 is 12.4. The molecule has 2 aliphatic rings. The largest absolute Gasteiger partial charge is 0.490 e. The highest BCUT2D eigenvalue weighted by Gasteiger charge is 2.42. The molecule has 2 amide bonds. The summed E-state index contributed by atoms with van der Waals surface area (Å²) in [7, 11) is -3.28. The molecule has 0 unspecified atom stereocenters. The first-order chi connectivity index (χ1) is 16.5. The van der Waals surface area contributed by atoms with E-state index in [1.165, 1.54) is 22.7 Å². The third-order valence-electron chi connectivity index (χ3n) is 6.72. The lowest BCUT2D eigenvalue weighted by Gasteiger charge is -2.35. The first kappa shape index (κ1) is 26.0. The minimum atomic E-state index is -3.28. The highest BCUT2D eigenvalue weighted by molar-refractivity contribution is 7.88. The first-order valence-electron chi connectivity index (χ1n) is 11.4. The van der Waals surface area contributed by atoms with Gasteiger partial charge in [0, 0.05) is 51.1 Å². The fourth-order valence-corrected chi connectivity index (χ4v) is 5.92. The third kappa shape index (κ3) is 6.02. The molecule has 2 aromatic carbocycles. The van der Waals surface area contributed by atoms with E-state index in [4.69, 9.17) is 27.9 Å². The van der Waals surface area contributed by atoms with Gasteiger partial charge in [-0.1, -0.05) is 29.3 Å². The summed E-state index contributed by atoms with van der Waals surface area (Å²) in [6, 6.07) is 11.2. The maximum atomic E-state index is 13.4. The highest BCUT2D eigenvalue weighted by Crippen LogP contribution is 2.38.